The predicted octanol–water partition coefficient (Wildman–Crippen LogP) is 3.26. The number of thiophene rings is 1. The number of amides is 1. The molecule has 1 fully saturated rings. The van der Waals surface area contributed by atoms with Crippen molar-refractivity contribution in [2.75, 3.05) is 33.3 Å². The van der Waals surface area contributed by atoms with E-state index in [4.69, 9.17) is 9.73 Å². The standard InChI is InChI=1S/C17H28N4O2S.HI/c1-4-18-16(19-12-13(2)15-6-5-11-24-15)20-14-7-9-21(10-8-14)17(22)23-3;/h5-6,11,13-14H,4,7-10,12H2,1-3H3,(H2,18,19,20);1H. The number of guanidine groups is 1. The molecule has 25 heavy (non-hydrogen) atoms. The molecule has 0 spiro atoms. The van der Waals surface area contributed by atoms with Crippen LogP contribution in [0.3, 0.4) is 0 Å². The molecular formula is C17H29IN4O2S. The lowest BCUT2D eigenvalue weighted by Gasteiger charge is -2.32. The lowest BCUT2D eigenvalue weighted by molar-refractivity contribution is 0.111. The van der Waals surface area contributed by atoms with Gasteiger partial charge >= 0.3 is 6.09 Å². The summed E-state index contributed by atoms with van der Waals surface area (Å²) < 4.78 is 4.78. The van der Waals surface area contributed by atoms with Crippen molar-refractivity contribution in [3.8, 4) is 0 Å². The molecule has 2 heterocycles. The monoisotopic (exact) mass is 480 g/mol. The maximum Gasteiger partial charge on any atom is 0.409 e. The third-order valence-electron chi connectivity index (χ3n) is 4.16. The number of hydrogen-bond donors (Lipinski definition) is 2. The van der Waals surface area contributed by atoms with Crippen molar-refractivity contribution in [1.82, 2.24) is 15.5 Å². The van der Waals surface area contributed by atoms with Gasteiger partial charge in [0, 0.05) is 36.5 Å². The van der Waals surface area contributed by atoms with E-state index in [1.54, 1.807) is 16.2 Å². The number of methoxy groups -OCH3 is 1. The highest BCUT2D eigenvalue weighted by molar-refractivity contribution is 14.0. The third-order valence-corrected chi connectivity index (χ3v) is 5.27. The molecule has 0 saturated carbocycles. The topological polar surface area (TPSA) is 66.0 Å². The van der Waals surface area contributed by atoms with Gasteiger partial charge in [-0.3, -0.25) is 4.99 Å². The zero-order valence-electron chi connectivity index (χ0n) is 15.2. The molecule has 1 aliphatic heterocycles. The van der Waals surface area contributed by atoms with Crippen LogP contribution in [-0.2, 0) is 4.74 Å². The second-order valence-corrected chi connectivity index (χ2v) is 6.99. The Bertz CT molecular complexity index is 531. The average Bonchev–Trinajstić information content (AvgIpc) is 3.14. The first-order valence-electron chi connectivity index (χ1n) is 8.55. The highest BCUT2D eigenvalue weighted by Crippen LogP contribution is 2.20. The quantitative estimate of drug-likeness (QED) is 0.386. The zero-order chi connectivity index (χ0) is 17.4. The third kappa shape index (κ3) is 7.01. The molecule has 0 bridgehead atoms. The molecule has 0 aliphatic carbocycles. The van der Waals surface area contributed by atoms with E-state index in [1.165, 1.54) is 12.0 Å². The van der Waals surface area contributed by atoms with E-state index in [0.29, 0.717) is 12.0 Å². The van der Waals surface area contributed by atoms with Crippen LogP contribution in [0, 0.1) is 0 Å². The van der Waals surface area contributed by atoms with Crippen LogP contribution < -0.4 is 10.6 Å². The van der Waals surface area contributed by atoms with Gasteiger partial charge in [0.05, 0.1) is 13.7 Å². The highest BCUT2D eigenvalue weighted by Gasteiger charge is 2.23. The summed E-state index contributed by atoms with van der Waals surface area (Å²) in [6.45, 7) is 7.30. The fraction of sp³-hybridized carbons (Fsp3) is 0.647. The van der Waals surface area contributed by atoms with Gasteiger partial charge in [-0.15, -0.1) is 35.3 Å². The number of likely N-dealkylation sites (tertiary alicyclic amines) is 1. The molecule has 142 valence electrons. The van der Waals surface area contributed by atoms with E-state index in [9.17, 15) is 4.79 Å². The van der Waals surface area contributed by atoms with Gasteiger partial charge in [0.25, 0.3) is 0 Å². The van der Waals surface area contributed by atoms with Crippen molar-refractivity contribution in [2.24, 2.45) is 4.99 Å². The van der Waals surface area contributed by atoms with Gasteiger partial charge in [0.1, 0.15) is 0 Å². The summed E-state index contributed by atoms with van der Waals surface area (Å²) in [5.41, 5.74) is 0. The maximum atomic E-state index is 11.5. The van der Waals surface area contributed by atoms with Crippen molar-refractivity contribution in [3.05, 3.63) is 22.4 Å². The second kappa shape index (κ2) is 11.6. The summed E-state index contributed by atoms with van der Waals surface area (Å²) in [5.74, 6) is 1.28. The van der Waals surface area contributed by atoms with Gasteiger partial charge < -0.3 is 20.3 Å². The summed E-state index contributed by atoms with van der Waals surface area (Å²) in [7, 11) is 1.43. The van der Waals surface area contributed by atoms with E-state index < -0.39 is 0 Å². The fourth-order valence-electron chi connectivity index (χ4n) is 2.74. The van der Waals surface area contributed by atoms with Gasteiger partial charge in [0.15, 0.2) is 5.96 Å². The van der Waals surface area contributed by atoms with Crippen LogP contribution in [0.1, 0.15) is 37.5 Å². The number of piperidine rings is 1. The fourth-order valence-corrected chi connectivity index (χ4v) is 3.52. The summed E-state index contributed by atoms with van der Waals surface area (Å²) >= 11 is 1.78. The van der Waals surface area contributed by atoms with Crippen LogP contribution in [0.15, 0.2) is 22.5 Å². The number of ether oxygens (including phenoxy) is 1. The minimum Gasteiger partial charge on any atom is -0.453 e. The van der Waals surface area contributed by atoms with E-state index in [2.05, 4.69) is 42.0 Å². The van der Waals surface area contributed by atoms with Crippen molar-refractivity contribution in [1.29, 1.82) is 0 Å². The molecule has 1 aromatic heterocycles. The molecule has 0 aromatic carbocycles. The van der Waals surface area contributed by atoms with Gasteiger partial charge in [-0.2, -0.15) is 0 Å². The van der Waals surface area contributed by atoms with E-state index in [1.807, 2.05) is 0 Å². The first-order valence-corrected chi connectivity index (χ1v) is 9.43. The smallest absolute Gasteiger partial charge is 0.409 e. The van der Waals surface area contributed by atoms with Crippen molar-refractivity contribution < 1.29 is 9.53 Å². The first kappa shape index (κ1) is 22.0. The summed E-state index contributed by atoms with van der Waals surface area (Å²) in [6.07, 6.45) is 1.57. The van der Waals surface area contributed by atoms with Gasteiger partial charge in [-0.1, -0.05) is 13.0 Å². The van der Waals surface area contributed by atoms with Gasteiger partial charge in [-0.05, 0) is 31.2 Å². The Balaban J connectivity index is 0.00000312. The molecule has 2 rings (SSSR count). The van der Waals surface area contributed by atoms with Crippen molar-refractivity contribution in [3.63, 3.8) is 0 Å². The molecule has 2 N–H and O–H groups in total. The molecule has 1 aromatic rings. The maximum absolute atomic E-state index is 11.5. The normalized spacial score (nSPS) is 16.8. The molecular weight excluding hydrogens is 451 g/mol. The Hall–Kier alpha value is -1.03. The number of nitrogens with one attached hydrogen (secondary N) is 2. The summed E-state index contributed by atoms with van der Waals surface area (Å²) in [6, 6.07) is 4.58. The Labute approximate surface area is 171 Å². The Morgan fingerprint density at radius 1 is 1.48 bits per heavy atom. The zero-order valence-corrected chi connectivity index (χ0v) is 18.3. The van der Waals surface area contributed by atoms with Crippen LogP contribution in [0.2, 0.25) is 0 Å². The second-order valence-electron chi connectivity index (χ2n) is 6.01. The molecule has 1 amide bonds. The minimum atomic E-state index is -0.237. The number of carbonyl (C=O) groups is 1. The van der Waals surface area contributed by atoms with Crippen LogP contribution >= 0.6 is 35.3 Å². The lowest BCUT2D eigenvalue weighted by atomic mass is 10.1. The van der Waals surface area contributed by atoms with E-state index in [-0.39, 0.29) is 30.1 Å². The predicted molar refractivity (Wildman–Crippen MR) is 114 cm³/mol. The lowest BCUT2D eigenvalue weighted by Crippen LogP contribution is -2.49. The number of hydrogen-bond acceptors (Lipinski definition) is 4. The average molecular weight is 480 g/mol. The first-order chi connectivity index (χ1) is 11.6. The van der Waals surface area contributed by atoms with Crippen LogP contribution in [-0.4, -0.2) is 56.3 Å². The minimum absolute atomic E-state index is 0. The molecule has 1 aliphatic rings. The summed E-state index contributed by atoms with van der Waals surface area (Å²) in [5, 5.41) is 8.92. The number of halogens is 1. The van der Waals surface area contributed by atoms with Gasteiger partial charge in [-0.25, -0.2) is 4.79 Å². The molecule has 6 nitrogen and oxygen atoms in total. The van der Waals surface area contributed by atoms with E-state index >= 15 is 0 Å². The largest absolute Gasteiger partial charge is 0.453 e. The summed E-state index contributed by atoms with van der Waals surface area (Å²) in [4.78, 5) is 19.4. The van der Waals surface area contributed by atoms with Crippen LogP contribution in [0.25, 0.3) is 0 Å². The Kier molecular flexibility index (Phi) is 10.2. The molecule has 0 radical (unpaired) electrons. The van der Waals surface area contributed by atoms with E-state index in [0.717, 1.165) is 45.0 Å². The van der Waals surface area contributed by atoms with Crippen LogP contribution in [0.5, 0.6) is 0 Å². The van der Waals surface area contributed by atoms with Crippen molar-refractivity contribution >= 4 is 47.4 Å². The Morgan fingerprint density at radius 3 is 2.76 bits per heavy atom. The molecule has 1 atom stereocenters. The highest BCUT2D eigenvalue weighted by atomic mass is 127. The number of carbonyl (C=O) groups excluding carboxylic acids is 1. The van der Waals surface area contributed by atoms with Gasteiger partial charge in [0.2, 0.25) is 0 Å². The SMILES string of the molecule is CCNC(=NCC(C)c1cccs1)NC1CCN(C(=O)OC)CC1.I. The number of rotatable bonds is 5. The van der Waals surface area contributed by atoms with Crippen molar-refractivity contribution in [2.45, 2.75) is 38.6 Å². The number of aliphatic imine (C=N–C) groups is 1. The molecule has 1 saturated heterocycles. The Morgan fingerprint density at radius 2 is 2.20 bits per heavy atom. The molecule has 8 heteroatoms. The molecule has 1 unspecified atom stereocenters. The van der Waals surface area contributed by atoms with Crippen LogP contribution in [0.4, 0.5) is 4.79 Å². The number of nitrogens with zero attached hydrogens (tertiary/aromatic N) is 2.